The lowest BCUT2D eigenvalue weighted by Crippen LogP contribution is -2.01. The fraction of sp³-hybridized carbons (Fsp3) is 0. The number of furan rings is 1. The first-order valence-electron chi connectivity index (χ1n) is 23.0. The maximum atomic E-state index is 8.93. The maximum Gasteiger partial charge on any atom is 0.167 e. The number of para-hydroxylation sites is 2. The second kappa shape index (κ2) is 13.6. The molecule has 13 rings (SSSR count). The lowest BCUT2D eigenvalue weighted by molar-refractivity contribution is 0.669. The summed E-state index contributed by atoms with van der Waals surface area (Å²) in [6, 6.07) is 58.1. The Hall–Kier alpha value is -8.41. The number of hydrogen-bond acceptors (Lipinski definition) is 4. The van der Waals surface area contributed by atoms with Gasteiger partial charge in [0.05, 0.1) is 23.5 Å². The molecule has 0 fully saturated rings. The van der Waals surface area contributed by atoms with Gasteiger partial charge in [0.2, 0.25) is 0 Å². The van der Waals surface area contributed by atoms with Gasteiger partial charge in [-0.15, -0.1) is 0 Å². The monoisotopic (exact) mass is 795 g/mol. The zero-order valence-electron chi connectivity index (χ0n) is 37.9. The van der Waals surface area contributed by atoms with E-state index < -0.39 is 30.2 Å². The lowest BCUT2D eigenvalue weighted by Gasteiger charge is -2.12. The standard InChI is InChI=1S/C57H34N4O/c1-3-15-35(16-4-1)55-58-56(36-17-5-2-6-18-36)60-57(59-55)50-34-39(61-51-25-13-11-23-45(51)46-24-12-14-26-52(46)61)33-49-47-30-28-38(32-53(47)62-54(49)50)37-27-29-44-42-21-8-7-19-40(42)41-20-9-10-22-43(41)48(44)31-37/h1-34H/i1D,3D,4D,15D,16D. The summed E-state index contributed by atoms with van der Waals surface area (Å²) in [4.78, 5) is 14.9. The fourth-order valence-electron chi connectivity index (χ4n) is 9.31. The van der Waals surface area contributed by atoms with E-state index in [9.17, 15) is 0 Å². The van der Waals surface area contributed by atoms with E-state index >= 15 is 0 Å². The highest BCUT2D eigenvalue weighted by molar-refractivity contribution is 6.26. The minimum absolute atomic E-state index is 0.0497. The zero-order valence-corrected chi connectivity index (χ0v) is 32.9. The molecule has 0 aliphatic heterocycles. The van der Waals surface area contributed by atoms with E-state index in [4.69, 9.17) is 26.2 Å². The molecule has 5 nitrogen and oxygen atoms in total. The number of aromatic nitrogens is 4. The minimum atomic E-state index is -0.496. The molecule has 0 radical (unpaired) electrons. The van der Waals surface area contributed by atoms with Crippen molar-refractivity contribution in [1.82, 2.24) is 19.5 Å². The van der Waals surface area contributed by atoms with Crippen LogP contribution >= 0.6 is 0 Å². The topological polar surface area (TPSA) is 56.7 Å². The number of benzene rings is 10. The first-order chi connectivity index (χ1) is 32.8. The Labute approximate surface area is 362 Å². The van der Waals surface area contributed by atoms with E-state index in [2.05, 4.69) is 120 Å². The van der Waals surface area contributed by atoms with Gasteiger partial charge in [-0.1, -0.05) is 164 Å². The third-order valence-corrected chi connectivity index (χ3v) is 12.1. The van der Waals surface area contributed by atoms with Gasteiger partial charge in [0.25, 0.3) is 0 Å². The molecule has 0 N–H and O–H groups in total. The normalized spacial score (nSPS) is 13.0. The molecule has 5 heteroatoms. The third-order valence-electron chi connectivity index (χ3n) is 12.1. The largest absolute Gasteiger partial charge is 0.455 e. The van der Waals surface area contributed by atoms with Crippen molar-refractivity contribution in [3.63, 3.8) is 0 Å². The Balaban J connectivity index is 1.09. The average molecular weight is 796 g/mol. The van der Waals surface area contributed by atoms with Crippen molar-refractivity contribution in [3.05, 3.63) is 206 Å². The van der Waals surface area contributed by atoms with Crippen LogP contribution in [-0.4, -0.2) is 19.5 Å². The molecule has 0 unspecified atom stereocenters. The SMILES string of the molecule is [2H]c1c([2H])c([2H])c(-c2nc(-c3ccccc3)nc(-c3cc(-n4c5ccccc5c5ccccc54)cc4c3oc3cc(-c5ccc6c7ccccc7c7ccccc7c6c5)ccc34)n2)c([2H])c1[2H]. The van der Waals surface area contributed by atoms with Crippen LogP contribution in [0.15, 0.2) is 211 Å². The second-order valence-electron chi connectivity index (χ2n) is 15.6. The van der Waals surface area contributed by atoms with E-state index in [1.54, 1.807) is 0 Å². The number of nitrogens with zero attached hydrogens (tertiary/aromatic N) is 4. The van der Waals surface area contributed by atoms with Gasteiger partial charge in [0.15, 0.2) is 17.5 Å². The summed E-state index contributed by atoms with van der Waals surface area (Å²) in [5, 5.41) is 11.2. The molecule has 0 saturated carbocycles. The summed E-state index contributed by atoms with van der Waals surface area (Å²) in [5.41, 5.74) is 7.20. The van der Waals surface area contributed by atoms with E-state index in [1.807, 2.05) is 60.7 Å². The highest BCUT2D eigenvalue weighted by atomic mass is 16.3. The fourth-order valence-corrected chi connectivity index (χ4v) is 9.31. The third kappa shape index (κ3) is 5.32. The molecule has 3 aromatic heterocycles. The van der Waals surface area contributed by atoms with Gasteiger partial charge in [0, 0.05) is 38.4 Å². The van der Waals surface area contributed by atoms with Crippen molar-refractivity contribution >= 4 is 76.1 Å². The summed E-state index contributed by atoms with van der Waals surface area (Å²) in [5.74, 6) is 0.445. The molecule has 0 saturated heterocycles. The molecule has 0 aliphatic carbocycles. The first-order valence-corrected chi connectivity index (χ1v) is 20.5. The zero-order chi connectivity index (χ0) is 45.1. The van der Waals surface area contributed by atoms with Crippen molar-refractivity contribution in [1.29, 1.82) is 0 Å². The molecule has 0 spiro atoms. The van der Waals surface area contributed by atoms with E-state index in [1.165, 1.54) is 32.3 Å². The Bertz CT molecular complexity index is 4120. The summed E-state index contributed by atoms with van der Waals surface area (Å²) < 4.78 is 52.4. The molecule has 3 heterocycles. The molecule has 0 bridgehead atoms. The smallest absolute Gasteiger partial charge is 0.167 e. The van der Waals surface area contributed by atoms with E-state index in [0.717, 1.165) is 49.4 Å². The van der Waals surface area contributed by atoms with E-state index in [0.29, 0.717) is 22.3 Å². The van der Waals surface area contributed by atoms with Crippen molar-refractivity contribution in [2.75, 3.05) is 0 Å². The summed E-state index contributed by atoms with van der Waals surface area (Å²) in [6.07, 6.45) is 0. The van der Waals surface area contributed by atoms with Gasteiger partial charge >= 0.3 is 0 Å². The van der Waals surface area contributed by atoms with E-state index in [-0.39, 0.29) is 23.0 Å². The number of hydrogen-bond donors (Lipinski definition) is 0. The predicted octanol–water partition coefficient (Wildman–Crippen LogP) is 15.0. The molecule has 0 atom stereocenters. The molecule has 62 heavy (non-hydrogen) atoms. The maximum absolute atomic E-state index is 8.93. The molecule has 0 aliphatic rings. The van der Waals surface area contributed by atoms with Crippen LogP contribution in [0.5, 0.6) is 0 Å². The molecular weight excluding hydrogens is 757 g/mol. The van der Waals surface area contributed by atoms with Crippen LogP contribution in [-0.2, 0) is 0 Å². The van der Waals surface area contributed by atoms with Crippen molar-refractivity contribution in [3.8, 4) is 51.0 Å². The van der Waals surface area contributed by atoms with Gasteiger partial charge in [-0.25, -0.2) is 15.0 Å². The highest BCUT2D eigenvalue weighted by Crippen LogP contribution is 2.43. The second-order valence-corrected chi connectivity index (χ2v) is 15.6. The summed E-state index contributed by atoms with van der Waals surface area (Å²) in [6.45, 7) is 0. The number of fused-ring (bicyclic) bond motifs is 12. The predicted molar refractivity (Wildman–Crippen MR) is 256 cm³/mol. The van der Waals surface area contributed by atoms with Gasteiger partial charge in [0.1, 0.15) is 11.2 Å². The average Bonchev–Trinajstić information content (AvgIpc) is 3.93. The quantitative estimate of drug-likeness (QED) is 0.163. The van der Waals surface area contributed by atoms with Crippen molar-refractivity contribution in [2.45, 2.75) is 0 Å². The Morgan fingerprint density at radius 3 is 1.55 bits per heavy atom. The molecule has 0 amide bonds. The Morgan fingerprint density at radius 1 is 0.371 bits per heavy atom. The minimum Gasteiger partial charge on any atom is -0.455 e. The van der Waals surface area contributed by atoms with Gasteiger partial charge in [-0.2, -0.15) is 0 Å². The lowest BCUT2D eigenvalue weighted by atomic mass is 9.92. The van der Waals surface area contributed by atoms with Crippen LogP contribution in [0.2, 0.25) is 0 Å². The van der Waals surface area contributed by atoms with Crippen LogP contribution < -0.4 is 0 Å². The first kappa shape index (κ1) is 29.7. The Kier molecular flexibility index (Phi) is 6.51. The van der Waals surface area contributed by atoms with Gasteiger partial charge in [-0.3, -0.25) is 0 Å². The number of rotatable bonds is 5. The summed E-state index contributed by atoms with van der Waals surface area (Å²) >= 11 is 0. The van der Waals surface area contributed by atoms with Crippen molar-refractivity contribution in [2.24, 2.45) is 0 Å². The summed E-state index contributed by atoms with van der Waals surface area (Å²) in [7, 11) is 0. The van der Waals surface area contributed by atoms with Crippen LogP contribution in [0, 0.1) is 0 Å². The molecule has 13 aromatic rings. The highest BCUT2D eigenvalue weighted by Gasteiger charge is 2.22. The molecule has 288 valence electrons. The van der Waals surface area contributed by atoms with Crippen LogP contribution in [0.3, 0.4) is 0 Å². The van der Waals surface area contributed by atoms with Gasteiger partial charge < -0.3 is 8.98 Å². The Morgan fingerprint density at radius 2 is 0.887 bits per heavy atom. The molecular formula is C57H34N4O. The van der Waals surface area contributed by atoms with Gasteiger partial charge in [-0.05, 0) is 85.9 Å². The van der Waals surface area contributed by atoms with Crippen LogP contribution in [0.4, 0.5) is 0 Å². The molecule has 10 aromatic carbocycles. The van der Waals surface area contributed by atoms with Crippen LogP contribution in [0.25, 0.3) is 127 Å². The van der Waals surface area contributed by atoms with Crippen molar-refractivity contribution < 1.29 is 11.3 Å². The van der Waals surface area contributed by atoms with Crippen LogP contribution in [0.1, 0.15) is 6.85 Å².